The molecule has 0 spiro atoms. The second kappa shape index (κ2) is 8.95. The predicted molar refractivity (Wildman–Crippen MR) is 62.9 cm³/mol. The number of amides is 1. The van der Waals surface area contributed by atoms with Gasteiger partial charge in [0.2, 0.25) is 5.91 Å². The molecule has 0 fully saturated rings. The molecule has 0 aliphatic heterocycles. The smallest absolute Gasteiger partial charge is 0.330 e. The maximum Gasteiger partial charge on any atom is 0.330 e. The summed E-state index contributed by atoms with van der Waals surface area (Å²) in [6, 6.07) is 0. The van der Waals surface area contributed by atoms with Crippen molar-refractivity contribution in [3.05, 3.63) is 12.2 Å². The Hall–Kier alpha value is -1.32. The van der Waals surface area contributed by atoms with Gasteiger partial charge >= 0.3 is 5.97 Å². The molecule has 4 heteroatoms. The van der Waals surface area contributed by atoms with Crippen LogP contribution in [-0.2, 0) is 14.3 Å². The minimum atomic E-state index is -0.469. The van der Waals surface area contributed by atoms with Gasteiger partial charge in [0, 0.05) is 25.2 Å². The molecule has 0 aromatic rings. The third-order valence-corrected chi connectivity index (χ3v) is 1.95. The van der Waals surface area contributed by atoms with Gasteiger partial charge in [-0.25, -0.2) is 4.79 Å². The lowest BCUT2D eigenvalue weighted by atomic mass is 10.3. The summed E-state index contributed by atoms with van der Waals surface area (Å²) in [5.41, 5.74) is 0. The van der Waals surface area contributed by atoms with Crippen LogP contribution >= 0.6 is 0 Å². The van der Waals surface area contributed by atoms with Crippen LogP contribution in [0.4, 0.5) is 0 Å². The van der Waals surface area contributed by atoms with E-state index in [1.165, 1.54) is 12.2 Å². The number of rotatable bonds is 7. The van der Waals surface area contributed by atoms with Crippen molar-refractivity contribution in [3.63, 3.8) is 0 Å². The zero-order valence-electron chi connectivity index (χ0n) is 10.4. The van der Waals surface area contributed by atoms with Gasteiger partial charge in [0.1, 0.15) is 0 Å². The molecular weight excluding hydrogens is 206 g/mol. The summed E-state index contributed by atoms with van der Waals surface area (Å²) in [5.74, 6) is -0.597. The minimum absolute atomic E-state index is 0.128. The highest BCUT2D eigenvalue weighted by atomic mass is 16.5. The second-order valence-electron chi connectivity index (χ2n) is 3.41. The van der Waals surface area contributed by atoms with Crippen molar-refractivity contribution in [2.75, 3.05) is 19.7 Å². The number of hydrogen-bond acceptors (Lipinski definition) is 3. The van der Waals surface area contributed by atoms with Crippen LogP contribution in [0.25, 0.3) is 0 Å². The topological polar surface area (TPSA) is 46.6 Å². The molecule has 0 saturated heterocycles. The molecular formula is C12H21NO3. The largest absolute Gasteiger partial charge is 0.463 e. The normalized spacial score (nSPS) is 10.4. The average molecular weight is 227 g/mol. The molecule has 0 aliphatic rings. The molecule has 0 rings (SSSR count). The van der Waals surface area contributed by atoms with Crippen LogP contribution in [0, 0.1) is 0 Å². The number of hydrogen-bond donors (Lipinski definition) is 0. The van der Waals surface area contributed by atoms with Crippen molar-refractivity contribution < 1.29 is 14.3 Å². The van der Waals surface area contributed by atoms with E-state index >= 15 is 0 Å². The summed E-state index contributed by atoms with van der Waals surface area (Å²) in [6.45, 7) is 7.54. The number of ether oxygens (including phenoxy) is 1. The Morgan fingerprint density at radius 3 is 2.06 bits per heavy atom. The van der Waals surface area contributed by atoms with Crippen molar-refractivity contribution in [1.29, 1.82) is 0 Å². The van der Waals surface area contributed by atoms with E-state index in [0.717, 1.165) is 25.9 Å². The van der Waals surface area contributed by atoms with Crippen molar-refractivity contribution in [1.82, 2.24) is 4.90 Å². The van der Waals surface area contributed by atoms with Crippen molar-refractivity contribution in [2.24, 2.45) is 0 Å². The molecule has 0 unspecified atom stereocenters. The molecule has 16 heavy (non-hydrogen) atoms. The molecule has 0 aromatic carbocycles. The molecule has 0 atom stereocenters. The van der Waals surface area contributed by atoms with Crippen LogP contribution in [0.3, 0.4) is 0 Å². The molecule has 0 N–H and O–H groups in total. The summed E-state index contributed by atoms with van der Waals surface area (Å²) in [4.78, 5) is 24.4. The maximum atomic E-state index is 11.7. The lowest BCUT2D eigenvalue weighted by Gasteiger charge is -2.19. The summed E-state index contributed by atoms with van der Waals surface area (Å²) >= 11 is 0. The highest BCUT2D eigenvalue weighted by Gasteiger charge is 2.08. The van der Waals surface area contributed by atoms with Gasteiger partial charge in [0.25, 0.3) is 0 Å². The number of esters is 1. The van der Waals surface area contributed by atoms with Gasteiger partial charge in [-0.2, -0.15) is 0 Å². The van der Waals surface area contributed by atoms with Gasteiger partial charge in [-0.15, -0.1) is 0 Å². The third kappa shape index (κ3) is 6.22. The van der Waals surface area contributed by atoms with Gasteiger partial charge in [-0.1, -0.05) is 13.8 Å². The predicted octanol–water partition coefficient (Wildman–Crippen LogP) is 1.75. The van der Waals surface area contributed by atoms with E-state index in [1.807, 2.05) is 13.8 Å². The fourth-order valence-corrected chi connectivity index (χ4v) is 1.31. The fourth-order valence-electron chi connectivity index (χ4n) is 1.31. The van der Waals surface area contributed by atoms with Gasteiger partial charge in [0.05, 0.1) is 6.61 Å². The Kier molecular flexibility index (Phi) is 8.21. The molecule has 0 radical (unpaired) electrons. The molecule has 0 saturated carbocycles. The van der Waals surface area contributed by atoms with Crippen LogP contribution in [0.1, 0.15) is 33.6 Å². The number of carbonyl (C=O) groups excluding carboxylic acids is 2. The zero-order valence-corrected chi connectivity index (χ0v) is 10.4. The summed E-state index contributed by atoms with van der Waals surface area (Å²) in [5, 5.41) is 0. The Morgan fingerprint density at radius 1 is 1.06 bits per heavy atom. The first-order valence-electron chi connectivity index (χ1n) is 5.79. The van der Waals surface area contributed by atoms with Crippen LogP contribution in [0.5, 0.6) is 0 Å². The quantitative estimate of drug-likeness (QED) is 0.492. The maximum absolute atomic E-state index is 11.7. The van der Waals surface area contributed by atoms with E-state index in [1.54, 1.807) is 11.8 Å². The average Bonchev–Trinajstić information content (AvgIpc) is 2.26. The van der Waals surface area contributed by atoms with E-state index in [-0.39, 0.29) is 5.91 Å². The highest BCUT2D eigenvalue weighted by Crippen LogP contribution is 1.96. The first-order valence-corrected chi connectivity index (χ1v) is 5.79. The van der Waals surface area contributed by atoms with E-state index in [4.69, 9.17) is 4.74 Å². The number of nitrogens with zero attached hydrogens (tertiary/aromatic N) is 1. The van der Waals surface area contributed by atoms with Crippen molar-refractivity contribution in [2.45, 2.75) is 33.6 Å². The summed E-state index contributed by atoms with van der Waals surface area (Å²) in [6.07, 6.45) is 4.30. The van der Waals surface area contributed by atoms with Gasteiger partial charge < -0.3 is 9.64 Å². The monoisotopic (exact) mass is 227 g/mol. The summed E-state index contributed by atoms with van der Waals surface area (Å²) < 4.78 is 4.70. The first kappa shape index (κ1) is 14.7. The van der Waals surface area contributed by atoms with Crippen LogP contribution in [0.15, 0.2) is 12.2 Å². The van der Waals surface area contributed by atoms with Crippen molar-refractivity contribution >= 4 is 11.9 Å². The summed E-state index contributed by atoms with van der Waals surface area (Å²) in [7, 11) is 0. The highest BCUT2D eigenvalue weighted by molar-refractivity contribution is 5.94. The zero-order chi connectivity index (χ0) is 12.4. The molecule has 0 aliphatic carbocycles. The molecule has 92 valence electrons. The van der Waals surface area contributed by atoms with Crippen LogP contribution < -0.4 is 0 Å². The Balaban J connectivity index is 4.22. The van der Waals surface area contributed by atoms with E-state index in [2.05, 4.69) is 0 Å². The molecule has 4 nitrogen and oxygen atoms in total. The lowest BCUT2D eigenvalue weighted by molar-refractivity contribution is -0.137. The van der Waals surface area contributed by atoms with Gasteiger partial charge in [-0.3, -0.25) is 4.79 Å². The van der Waals surface area contributed by atoms with Crippen molar-refractivity contribution in [3.8, 4) is 0 Å². The van der Waals surface area contributed by atoms with E-state index in [9.17, 15) is 9.59 Å². The Bertz CT molecular complexity index is 243. The van der Waals surface area contributed by atoms with E-state index < -0.39 is 5.97 Å². The molecule has 0 heterocycles. The van der Waals surface area contributed by atoms with Crippen LogP contribution in [0.2, 0.25) is 0 Å². The SMILES string of the molecule is CCCN(CCC)C(=O)C=CC(=O)OCC. The second-order valence-corrected chi connectivity index (χ2v) is 3.41. The standard InChI is InChI=1S/C12H21NO3/c1-4-9-13(10-5-2)11(14)7-8-12(15)16-6-3/h7-8H,4-6,9-10H2,1-3H3. The minimum Gasteiger partial charge on any atom is -0.463 e. The lowest BCUT2D eigenvalue weighted by Crippen LogP contribution is -2.31. The van der Waals surface area contributed by atoms with Gasteiger partial charge in [0.15, 0.2) is 0 Å². The van der Waals surface area contributed by atoms with E-state index in [0.29, 0.717) is 6.61 Å². The molecule has 0 aromatic heterocycles. The van der Waals surface area contributed by atoms with Crippen LogP contribution in [-0.4, -0.2) is 36.5 Å². The molecule has 1 amide bonds. The first-order chi connectivity index (χ1) is 7.65. The third-order valence-electron chi connectivity index (χ3n) is 1.95. The number of carbonyl (C=O) groups is 2. The Labute approximate surface area is 97.3 Å². The molecule has 0 bridgehead atoms. The fraction of sp³-hybridized carbons (Fsp3) is 0.667. The Morgan fingerprint density at radius 2 is 1.62 bits per heavy atom. The van der Waals surface area contributed by atoms with Gasteiger partial charge in [-0.05, 0) is 19.8 Å².